The molecule has 0 aliphatic carbocycles. The molecule has 1 aromatic heterocycles. The lowest BCUT2D eigenvalue weighted by molar-refractivity contribution is 0.516. The number of aryl methyl sites for hydroxylation is 4. The molecule has 0 spiro atoms. The van der Waals surface area contributed by atoms with Gasteiger partial charge in [-0.05, 0) is 48.9 Å². The molecule has 0 radical (unpaired) electrons. The number of hydrogen-bond donors (Lipinski definition) is 2. The summed E-state index contributed by atoms with van der Waals surface area (Å²) in [4.78, 5) is 0. The van der Waals surface area contributed by atoms with Crippen molar-refractivity contribution in [1.82, 2.24) is 15.2 Å². The van der Waals surface area contributed by atoms with Gasteiger partial charge in [0.1, 0.15) is 0 Å². The Morgan fingerprint density at radius 2 is 2.11 bits per heavy atom. The quantitative estimate of drug-likeness (QED) is 0.638. The van der Waals surface area contributed by atoms with Crippen molar-refractivity contribution >= 4 is 0 Å². The van der Waals surface area contributed by atoms with Gasteiger partial charge in [0.15, 0.2) is 0 Å². The zero-order chi connectivity index (χ0) is 13.8. The predicted molar refractivity (Wildman–Crippen MR) is 77.5 cm³/mol. The molecular weight excluding hydrogens is 236 g/mol. The van der Waals surface area contributed by atoms with Crippen molar-refractivity contribution in [3.8, 4) is 0 Å². The fourth-order valence-electron chi connectivity index (χ4n) is 2.24. The number of nitrogens with two attached hydrogens (primary N) is 1. The molecule has 0 aliphatic rings. The number of aromatic nitrogens is 2. The molecule has 2 aromatic rings. The summed E-state index contributed by atoms with van der Waals surface area (Å²) in [5.41, 5.74) is 8.02. The van der Waals surface area contributed by atoms with E-state index in [0.29, 0.717) is 0 Å². The Labute approximate surface area is 114 Å². The van der Waals surface area contributed by atoms with Crippen LogP contribution >= 0.6 is 0 Å². The Kier molecular flexibility index (Phi) is 4.35. The molecule has 2 rings (SSSR count). The van der Waals surface area contributed by atoms with Crippen LogP contribution in [0.4, 0.5) is 0 Å². The smallest absolute Gasteiger partial charge is 0.0521 e. The number of nitrogens with zero attached hydrogens (tertiary/aromatic N) is 2. The van der Waals surface area contributed by atoms with Gasteiger partial charge in [-0.15, -0.1) is 0 Å². The second-order valence-corrected chi connectivity index (χ2v) is 5.12. The van der Waals surface area contributed by atoms with Crippen molar-refractivity contribution in [1.29, 1.82) is 0 Å². The maximum absolute atomic E-state index is 5.69. The molecule has 0 amide bonds. The van der Waals surface area contributed by atoms with Gasteiger partial charge in [0.25, 0.3) is 0 Å². The van der Waals surface area contributed by atoms with Crippen LogP contribution in [0.5, 0.6) is 0 Å². The Morgan fingerprint density at radius 1 is 1.32 bits per heavy atom. The number of hydrogen-bond acceptors (Lipinski definition) is 3. The minimum absolute atomic E-state index is 0.180. The summed E-state index contributed by atoms with van der Waals surface area (Å²) < 4.78 is 1.83. The topological polar surface area (TPSA) is 55.9 Å². The van der Waals surface area contributed by atoms with E-state index in [4.69, 9.17) is 5.84 Å². The van der Waals surface area contributed by atoms with Crippen LogP contribution in [-0.2, 0) is 13.5 Å². The fraction of sp³-hybridized carbons (Fsp3) is 0.400. The summed E-state index contributed by atoms with van der Waals surface area (Å²) in [7, 11) is 1.94. The van der Waals surface area contributed by atoms with Gasteiger partial charge in [-0.3, -0.25) is 16.0 Å². The van der Waals surface area contributed by atoms with Crippen LogP contribution in [0.25, 0.3) is 0 Å². The monoisotopic (exact) mass is 258 g/mol. The molecule has 0 aliphatic heterocycles. The van der Waals surface area contributed by atoms with Crippen LogP contribution in [0.15, 0.2) is 30.6 Å². The third-order valence-corrected chi connectivity index (χ3v) is 3.61. The minimum Gasteiger partial charge on any atom is -0.276 e. The third kappa shape index (κ3) is 3.43. The highest BCUT2D eigenvalue weighted by atomic mass is 15.2. The summed E-state index contributed by atoms with van der Waals surface area (Å²) in [6.07, 6.45) is 5.89. The first-order valence-electron chi connectivity index (χ1n) is 6.61. The van der Waals surface area contributed by atoms with Gasteiger partial charge >= 0.3 is 0 Å². The summed E-state index contributed by atoms with van der Waals surface area (Å²) in [6.45, 7) is 4.26. The van der Waals surface area contributed by atoms with Gasteiger partial charge in [-0.2, -0.15) is 5.10 Å². The third-order valence-electron chi connectivity index (χ3n) is 3.61. The maximum Gasteiger partial charge on any atom is 0.0521 e. The van der Waals surface area contributed by atoms with Gasteiger partial charge in [-0.25, -0.2) is 0 Å². The van der Waals surface area contributed by atoms with Crippen LogP contribution in [0.2, 0.25) is 0 Å². The molecule has 1 unspecified atom stereocenters. The number of hydrazine groups is 1. The van der Waals surface area contributed by atoms with E-state index in [1.807, 2.05) is 24.1 Å². The van der Waals surface area contributed by atoms with Crippen LogP contribution in [-0.4, -0.2) is 9.78 Å². The van der Waals surface area contributed by atoms with Crippen molar-refractivity contribution < 1.29 is 0 Å². The number of rotatable bonds is 5. The highest BCUT2D eigenvalue weighted by Crippen LogP contribution is 2.21. The van der Waals surface area contributed by atoms with Crippen LogP contribution < -0.4 is 11.3 Å². The van der Waals surface area contributed by atoms with E-state index in [1.165, 1.54) is 22.3 Å². The van der Waals surface area contributed by atoms with Gasteiger partial charge in [0.2, 0.25) is 0 Å². The first-order chi connectivity index (χ1) is 9.10. The van der Waals surface area contributed by atoms with Gasteiger partial charge < -0.3 is 0 Å². The molecule has 4 nitrogen and oxygen atoms in total. The molecular formula is C15H22N4. The number of benzene rings is 1. The van der Waals surface area contributed by atoms with Gasteiger partial charge in [0.05, 0.1) is 6.20 Å². The zero-order valence-corrected chi connectivity index (χ0v) is 11.9. The molecule has 4 heteroatoms. The summed E-state index contributed by atoms with van der Waals surface area (Å²) in [5.74, 6) is 5.69. The standard InChI is InChI=1S/C15H22N4/c1-11-4-6-14(8-12(11)2)15(18-16)7-5-13-9-17-19(3)10-13/h4,6,8-10,15,18H,5,7,16H2,1-3H3. The van der Waals surface area contributed by atoms with Crippen molar-refractivity contribution in [3.63, 3.8) is 0 Å². The van der Waals surface area contributed by atoms with E-state index in [-0.39, 0.29) is 6.04 Å². The lowest BCUT2D eigenvalue weighted by atomic mass is 9.97. The summed E-state index contributed by atoms with van der Waals surface area (Å²) in [5, 5.41) is 4.18. The molecule has 0 fully saturated rings. The highest BCUT2D eigenvalue weighted by Gasteiger charge is 2.11. The van der Waals surface area contributed by atoms with Crippen LogP contribution in [0, 0.1) is 13.8 Å². The van der Waals surface area contributed by atoms with E-state index in [2.05, 4.69) is 42.6 Å². The zero-order valence-electron chi connectivity index (χ0n) is 11.9. The van der Waals surface area contributed by atoms with Crippen molar-refractivity contribution in [3.05, 3.63) is 52.8 Å². The van der Waals surface area contributed by atoms with Crippen molar-refractivity contribution in [2.45, 2.75) is 32.7 Å². The summed E-state index contributed by atoms with van der Waals surface area (Å²) >= 11 is 0. The fourth-order valence-corrected chi connectivity index (χ4v) is 2.24. The average Bonchev–Trinajstić information content (AvgIpc) is 2.80. The lowest BCUT2D eigenvalue weighted by Crippen LogP contribution is -2.28. The maximum atomic E-state index is 5.69. The molecule has 0 saturated heterocycles. The van der Waals surface area contributed by atoms with E-state index < -0.39 is 0 Å². The second kappa shape index (κ2) is 5.99. The van der Waals surface area contributed by atoms with E-state index in [0.717, 1.165) is 12.8 Å². The lowest BCUT2D eigenvalue weighted by Gasteiger charge is -2.17. The first-order valence-corrected chi connectivity index (χ1v) is 6.61. The molecule has 1 aromatic carbocycles. The molecule has 0 bridgehead atoms. The molecule has 102 valence electrons. The first kappa shape index (κ1) is 13.8. The molecule has 0 saturated carbocycles. The molecule has 1 heterocycles. The second-order valence-electron chi connectivity index (χ2n) is 5.12. The normalized spacial score (nSPS) is 12.6. The van der Waals surface area contributed by atoms with Crippen LogP contribution in [0.1, 0.15) is 34.7 Å². The predicted octanol–water partition coefficient (Wildman–Crippen LogP) is 2.17. The Balaban J connectivity index is 2.05. The minimum atomic E-state index is 0.180. The average molecular weight is 258 g/mol. The van der Waals surface area contributed by atoms with E-state index in [1.54, 1.807) is 0 Å². The van der Waals surface area contributed by atoms with Crippen molar-refractivity contribution in [2.24, 2.45) is 12.9 Å². The Morgan fingerprint density at radius 3 is 2.68 bits per heavy atom. The molecule has 1 atom stereocenters. The SMILES string of the molecule is Cc1ccc(C(CCc2cnn(C)c2)NN)cc1C. The molecule has 3 N–H and O–H groups in total. The highest BCUT2D eigenvalue weighted by molar-refractivity contribution is 5.31. The van der Waals surface area contributed by atoms with Gasteiger partial charge in [-0.1, -0.05) is 18.2 Å². The van der Waals surface area contributed by atoms with Crippen LogP contribution in [0.3, 0.4) is 0 Å². The van der Waals surface area contributed by atoms with E-state index >= 15 is 0 Å². The summed E-state index contributed by atoms with van der Waals surface area (Å²) in [6, 6.07) is 6.69. The van der Waals surface area contributed by atoms with Crippen molar-refractivity contribution in [2.75, 3.05) is 0 Å². The largest absolute Gasteiger partial charge is 0.276 e. The Hall–Kier alpha value is -1.65. The van der Waals surface area contributed by atoms with Gasteiger partial charge in [0, 0.05) is 19.3 Å². The number of nitrogens with one attached hydrogen (secondary N) is 1. The van der Waals surface area contributed by atoms with E-state index in [9.17, 15) is 0 Å². The Bertz CT molecular complexity index is 545. The molecule has 19 heavy (non-hydrogen) atoms.